The zero-order valence-corrected chi connectivity index (χ0v) is 20.9. The Morgan fingerprint density at radius 3 is 2.31 bits per heavy atom. The molecule has 0 radical (unpaired) electrons. The minimum atomic E-state index is 0.136. The van der Waals surface area contributed by atoms with Crippen molar-refractivity contribution in [2.75, 3.05) is 14.2 Å². The monoisotopic (exact) mass is 485 g/mol. The van der Waals surface area contributed by atoms with Crippen LogP contribution in [0.2, 0.25) is 0 Å². The first-order valence-electron chi connectivity index (χ1n) is 11.3. The van der Waals surface area contributed by atoms with Gasteiger partial charge in [-0.05, 0) is 42.3 Å². The van der Waals surface area contributed by atoms with Crippen molar-refractivity contribution < 1.29 is 19.0 Å². The van der Waals surface area contributed by atoms with Gasteiger partial charge in [0.2, 0.25) is 0 Å². The second-order valence-electron chi connectivity index (χ2n) is 8.38. The number of Topliss-reactive ketones (excluding diaryl/α,β-unsaturated/α-hetero) is 1. The number of rotatable bonds is 10. The molecule has 1 aromatic heterocycles. The van der Waals surface area contributed by atoms with Gasteiger partial charge in [-0.2, -0.15) is 0 Å². The average Bonchev–Trinajstić information content (AvgIpc) is 2.84. The summed E-state index contributed by atoms with van der Waals surface area (Å²) in [5, 5.41) is 0.822. The van der Waals surface area contributed by atoms with Gasteiger partial charge in [0.1, 0.15) is 17.3 Å². The minimum Gasteiger partial charge on any atom is -0.493 e. The van der Waals surface area contributed by atoms with E-state index < -0.39 is 0 Å². The number of hydrogen-bond acceptors (Lipinski definition) is 6. The van der Waals surface area contributed by atoms with Crippen molar-refractivity contribution in [3.63, 3.8) is 0 Å². The largest absolute Gasteiger partial charge is 0.493 e. The Balaban J connectivity index is 1.40. The lowest BCUT2D eigenvalue weighted by Crippen LogP contribution is -2.11. The third-order valence-electron chi connectivity index (χ3n) is 5.64. The Morgan fingerprint density at radius 2 is 1.60 bits per heavy atom. The lowest BCUT2D eigenvalue weighted by atomic mass is 10.0. The topological polar surface area (TPSA) is 57.7 Å². The molecule has 4 aromatic rings. The number of nitrogens with zero attached hydrogens (tertiary/aromatic N) is 1. The molecule has 0 aliphatic carbocycles. The molecule has 0 fully saturated rings. The number of carbonyl (C=O) groups excluding carboxylic acids is 1. The highest BCUT2D eigenvalue weighted by atomic mass is 32.1. The van der Waals surface area contributed by atoms with Crippen molar-refractivity contribution in [2.45, 2.75) is 26.2 Å². The predicted molar refractivity (Wildman–Crippen MR) is 142 cm³/mol. The van der Waals surface area contributed by atoms with Crippen LogP contribution in [-0.4, -0.2) is 29.9 Å². The van der Waals surface area contributed by atoms with Crippen molar-refractivity contribution in [1.29, 1.82) is 0 Å². The maximum absolute atomic E-state index is 12.4. The molecule has 0 N–H and O–H groups in total. The van der Waals surface area contributed by atoms with Crippen molar-refractivity contribution in [2.24, 2.45) is 0 Å². The average molecular weight is 486 g/mol. The molecule has 6 heteroatoms. The van der Waals surface area contributed by atoms with Gasteiger partial charge in [-0.25, -0.2) is 0 Å². The van der Waals surface area contributed by atoms with Gasteiger partial charge in [-0.1, -0.05) is 54.2 Å². The summed E-state index contributed by atoms with van der Waals surface area (Å²) in [6.07, 6.45) is 2.98. The van der Waals surface area contributed by atoms with Gasteiger partial charge in [0, 0.05) is 41.8 Å². The van der Waals surface area contributed by atoms with Crippen LogP contribution in [0.1, 0.15) is 23.1 Å². The SMILES string of the molecule is COc1cc2nccc(Oc3ccc(CC(=S)CC(=O)Cc4cccc(C)c4)cc3)c2cc1OC. The number of carbonyl (C=O) groups is 1. The van der Waals surface area contributed by atoms with Crippen LogP contribution >= 0.6 is 12.2 Å². The Hall–Kier alpha value is -3.77. The maximum Gasteiger partial charge on any atom is 0.162 e. The molecule has 0 saturated carbocycles. The van der Waals surface area contributed by atoms with Gasteiger partial charge >= 0.3 is 0 Å². The molecular weight excluding hydrogens is 458 g/mol. The second-order valence-corrected chi connectivity index (χ2v) is 8.95. The number of thiocarbonyl (C=S) groups is 1. The molecule has 0 saturated heterocycles. The lowest BCUT2D eigenvalue weighted by molar-refractivity contribution is -0.117. The summed E-state index contributed by atoms with van der Waals surface area (Å²) in [6.45, 7) is 2.02. The van der Waals surface area contributed by atoms with E-state index in [9.17, 15) is 4.79 Å². The number of aromatic nitrogens is 1. The Bertz CT molecular complexity index is 1370. The van der Waals surface area contributed by atoms with Gasteiger partial charge in [0.15, 0.2) is 11.5 Å². The normalized spacial score (nSPS) is 10.7. The maximum atomic E-state index is 12.4. The zero-order chi connectivity index (χ0) is 24.8. The molecule has 0 atom stereocenters. The third-order valence-corrected chi connectivity index (χ3v) is 5.93. The Morgan fingerprint density at radius 1 is 0.857 bits per heavy atom. The zero-order valence-electron chi connectivity index (χ0n) is 20.0. The summed E-state index contributed by atoms with van der Waals surface area (Å²) in [4.78, 5) is 17.6. The van der Waals surface area contributed by atoms with E-state index in [1.54, 1.807) is 20.4 Å². The molecule has 4 rings (SSSR count). The number of benzene rings is 3. The van der Waals surface area contributed by atoms with Crippen LogP contribution in [-0.2, 0) is 17.6 Å². The Labute approximate surface area is 210 Å². The van der Waals surface area contributed by atoms with E-state index >= 15 is 0 Å². The predicted octanol–water partition coefficient (Wildman–Crippen LogP) is 6.47. The van der Waals surface area contributed by atoms with Crippen LogP contribution in [0.4, 0.5) is 0 Å². The first-order valence-corrected chi connectivity index (χ1v) is 11.7. The summed E-state index contributed by atoms with van der Waals surface area (Å²) < 4.78 is 16.9. The molecule has 1 heterocycles. The Kier molecular flexibility index (Phi) is 7.73. The molecule has 35 heavy (non-hydrogen) atoms. The molecule has 0 aliphatic rings. The van der Waals surface area contributed by atoms with Gasteiger partial charge < -0.3 is 14.2 Å². The van der Waals surface area contributed by atoms with Crippen LogP contribution in [0.5, 0.6) is 23.0 Å². The van der Waals surface area contributed by atoms with Crippen LogP contribution in [0.15, 0.2) is 72.9 Å². The lowest BCUT2D eigenvalue weighted by Gasteiger charge is -2.12. The van der Waals surface area contributed by atoms with Crippen LogP contribution < -0.4 is 14.2 Å². The molecule has 0 bridgehead atoms. The minimum absolute atomic E-state index is 0.136. The van der Waals surface area contributed by atoms with Crippen molar-refractivity contribution in [3.05, 3.63) is 89.6 Å². The summed E-state index contributed by atoms with van der Waals surface area (Å²) in [6, 6.07) is 21.3. The first kappa shape index (κ1) is 24.4. The van der Waals surface area contributed by atoms with E-state index in [4.69, 9.17) is 26.4 Å². The van der Waals surface area contributed by atoms with Crippen molar-refractivity contribution >= 4 is 33.8 Å². The van der Waals surface area contributed by atoms with Gasteiger partial charge in [0.05, 0.1) is 19.7 Å². The standard InChI is InChI=1S/C29H27NO4S/c1-19-5-4-6-21(13-19)14-22(31)16-24(35)15-20-7-9-23(10-8-20)34-27-11-12-30-26-18-29(33-3)28(32-2)17-25(26)27/h4-13,17-18H,14-16H2,1-3H3. The van der Waals surface area contributed by atoms with E-state index in [-0.39, 0.29) is 5.78 Å². The number of pyridine rings is 1. The van der Waals surface area contributed by atoms with Crippen LogP contribution in [0, 0.1) is 6.92 Å². The van der Waals surface area contributed by atoms with Crippen molar-refractivity contribution in [3.8, 4) is 23.0 Å². The molecule has 0 amide bonds. The third kappa shape index (κ3) is 6.22. The van der Waals surface area contributed by atoms with Crippen molar-refractivity contribution in [1.82, 2.24) is 4.98 Å². The summed E-state index contributed by atoms with van der Waals surface area (Å²) in [5.41, 5.74) is 3.96. The molecular formula is C29H27NO4S. The summed E-state index contributed by atoms with van der Waals surface area (Å²) in [5.74, 6) is 2.72. The van der Waals surface area contributed by atoms with E-state index in [1.807, 2.05) is 73.7 Å². The van der Waals surface area contributed by atoms with Gasteiger partial charge in [0.25, 0.3) is 0 Å². The highest BCUT2D eigenvalue weighted by Crippen LogP contribution is 2.36. The van der Waals surface area contributed by atoms with Crippen LogP contribution in [0.3, 0.4) is 0 Å². The number of fused-ring (bicyclic) bond motifs is 1. The fraction of sp³-hybridized carbons (Fsp3) is 0.207. The summed E-state index contributed by atoms with van der Waals surface area (Å²) >= 11 is 5.51. The highest BCUT2D eigenvalue weighted by Gasteiger charge is 2.12. The van der Waals surface area contributed by atoms with E-state index in [1.165, 1.54) is 0 Å². The fourth-order valence-corrected chi connectivity index (χ4v) is 4.29. The first-order chi connectivity index (χ1) is 16.9. The summed E-state index contributed by atoms with van der Waals surface area (Å²) in [7, 11) is 3.19. The smallest absolute Gasteiger partial charge is 0.162 e. The fourth-order valence-electron chi connectivity index (χ4n) is 3.96. The quantitative estimate of drug-likeness (QED) is 0.240. The van der Waals surface area contributed by atoms with E-state index in [0.29, 0.717) is 42.3 Å². The van der Waals surface area contributed by atoms with E-state index in [0.717, 1.165) is 32.5 Å². The molecule has 178 valence electrons. The van der Waals surface area contributed by atoms with Gasteiger partial charge in [-0.15, -0.1) is 0 Å². The van der Waals surface area contributed by atoms with Crippen LogP contribution in [0.25, 0.3) is 10.9 Å². The molecule has 0 spiro atoms. The molecule has 0 unspecified atom stereocenters. The molecule has 5 nitrogen and oxygen atoms in total. The van der Waals surface area contributed by atoms with Gasteiger partial charge in [-0.3, -0.25) is 9.78 Å². The number of hydrogen-bond donors (Lipinski definition) is 0. The number of aryl methyl sites for hydroxylation is 1. The highest BCUT2D eigenvalue weighted by molar-refractivity contribution is 7.80. The molecule has 0 aliphatic heterocycles. The number of ketones is 1. The van der Waals surface area contributed by atoms with E-state index in [2.05, 4.69) is 4.98 Å². The second kappa shape index (κ2) is 11.1. The number of ether oxygens (including phenoxy) is 3. The number of methoxy groups -OCH3 is 2. The molecule has 3 aromatic carbocycles.